The molecule has 0 bridgehead atoms. The van der Waals surface area contributed by atoms with E-state index in [1.165, 1.54) is 0 Å². The second kappa shape index (κ2) is 3.91. The topological polar surface area (TPSA) is 44.3 Å². The van der Waals surface area contributed by atoms with Crippen molar-refractivity contribution in [2.45, 2.75) is 20.1 Å². The lowest BCUT2D eigenvalue weighted by molar-refractivity contribution is 0.0295. The lowest BCUT2D eigenvalue weighted by Gasteiger charge is -2.29. The number of hydrogen-bond acceptors (Lipinski definition) is 3. The van der Waals surface area contributed by atoms with Gasteiger partial charge in [-0.15, -0.1) is 0 Å². The molecule has 0 spiro atoms. The fraction of sp³-hybridized carbons (Fsp3) is 1.00. The summed E-state index contributed by atoms with van der Waals surface area (Å²) in [7, 11) is 3.63. The summed E-state index contributed by atoms with van der Waals surface area (Å²) in [6, 6.07) is 0. The minimum absolute atomic E-state index is 0.108. The molecule has 0 saturated heterocycles. The van der Waals surface area contributed by atoms with Crippen molar-refractivity contribution in [2.24, 2.45) is 5.41 Å². The molecule has 0 aromatic carbocycles. The number of nitrogens with one attached hydrogen (secondary N) is 2. The van der Waals surface area contributed by atoms with Crippen LogP contribution < -0.4 is 10.6 Å². The zero-order valence-electron chi connectivity index (χ0n) is 7.23. The van der Waals surface area contributed by atoms with Gasteiger partial charge in [-0.1, -0.05) is 13.8 Å². The molecule has 0 radical (unpaired) electrons. The molecule has 0 aliphatic rings. The maximum absolute atomic E-state index is 9.37. The molecule has 1 unspecified atom stereocenters. The molecule has 0 aromatic heterocycles. The molecule has 3 nitrogen and oxygen atoms in total. The van der Waals surface area contributed by atoms with E-state index in [-0.39, 0.29) is 5.41 Å². The highest BCUT2D eigenvalue weighted by Crippen LogP contribution is 2.16. The zero-order valence-corrected chi connectivity index (χ0v) is 7.23. The van der Waals surface area contributed by atoms with E-state index in [1.807, 2.05) is 20.9 Å². The average Bonchev–Trinajstić information content (AvgIpc) is 1.86. The highest BCUT2D eigenvalue weighted by molar-refractivity contribution is 4.76. The van der Waals surface area contributed by atoms with Gasteiger partial charge in [0.2, 0.25) is 0 Å². The SMILES string of the molecule is CNCC(C)(C)C(O)NC. The van der Waals surface area contributed by atoms with Gasteiger partial charge in [0.25, 0.3) is 0 Å². The van der Waals surface area contributed by atoms with Crippen molar-refractivity contribution in [1.82, 2.24) is 10.6 Å². The molecule has 0 aliphatic heterocycles. The smallest absolute Gasteiger partial charge is 0.111 e. The number of rotatable bonds is 4. The van der Waals surface area contributed by atoms with Gasteiger partial charge in [0.1, 0.15) is 6.23 Å². The summed E-state index contributed by atoms with van der Waals surface area (Å²) in [6.07, 6.45) is -0.444. The van der Waals surface area contributed by atoms with Crippen molar-refractivity contribution in [3.8, 4) is 0 Å². The highest BCUT2D eigenvalue weighted by atomic mass is 16.3. The molecular formula is C7H18N2O. The quantitative estimate of drug-likeness (QED) is 0.480. The van der Waals surface area contributed by atoms with Crippen LogP contribution in [-0.2, 0) is 0 Å². The van der Waals surface area contributed by atoms with Crippen LogP contribution in [0.25, 0.3) is 0 Å². The Bertz CT molecular complexity index is 93.6. The Morgan fingerprint density at radius 2 is 1.90 bits per heavy atom. The van der Waals surface area contributed by atoms with Gasteiger partial charge >= 0.3 is 0 Å². The maximum atomic E-state index is 9.37. The van der Waals surface area contributed by atoms with Gasteiger partial charge in [-0.2, -0.15) is 0 Å². The molecule has 3 N–H and O–H groups in total. The molecule has 0 saturated carbocycles. The first-order valence-corrected chi connectivity index (χ1v) is 3.54. The van der Waals surface area contributed by atoms with Gasteiger partial charge < -0.3 is 10.4 Å². The summed E-state index contributed by atoms with van der Waals surface area (Å²) in [5.41, 5.74) is -0.108. The molecule has 0 aliphatic carbocycles. The van der Waals surface area contributed by atoms with Gasteiger partial charge in [-0.3, -0.25) is 5.32 Å². The Kier molecular flexibility index (Phi) is 3.86. The molecule has 0 fully saturated rings. The monoisotopic (exact) mass is 146 g/mol. The molecule has 0 aromatic rings. The Hall–Kier alpha value is -0.120. The van der Waals surface area contributed by atoms with Crippen molar-refractivity contribution >= 4 is 0 Å². The minimum Gasteiger partial charge on any atom is -0.378 e. The van der Waals surface area contributed by atoms with Crippen LogP contribution in [0, 0.1) is 5.41 Å². The number of aliphatic hydroxyl groups is 1. The zero-order chi connectivity index (χ0) is 8.20. The Balaban J connectivity index is 3.82. The summed E-state index contributed by atoms with van der Waals surface area (Å²) >= 11 is 0. The Morgan fingerprint density at radius 3 is 2.20 bits per heavy atom. The Morgan fingerprint density at radius 1 is 1.40 bits per heavy atom. The third-order valence-electron chi connectivity index (χ3n) is 1.65. The van der Waals surface area contributed by atoms with Gasteiger partial charge in [0.15, 0.2) is 0 Å². The van der Waals surface area contributed by atoms with Crippen molar-refractivity contribution < 1.29 is 5.11 Å². The lowest BCUT2D eigenvalue weighted by Crippen LogP contribution is -2.45. The summed E-state index contributed by atoms with van der Waals surface area (Å²) in [6.45, 7) is 4.81. The maximum Gasteiger partial charge on any atom is 0.111 e. The third kappa shape index (κ3) is 2.64. The lowest BCUT2D eigenvalue weighted by atomic mass is 9.91. The van der Waals surface area contributed by atoms with Crippen molar-refractivity contribution in [1.29, 1.82) is 0 Å². The standard InChI is InChI=1S/C7H18N2O/c1-7(2,5-8-3)6(10)9-4/h6,8-10H,5H2,1-4H3. The fourth-order valence-corrected chi connectivity index (χ4v) is 0.943. The van der Waals surface area contributed by atoms with E-state index in [0.29, 0.717) is 0 Å². The highest BCUT2D eigenvalue weighted by Gasteiger charge is 2.25. The van der Waals surface area contributed by atoms with E-state index in [0.717, 1.165) is 6.54 Å². The van der Waals surface area contributed by atoms with Gasteiger partial charge in [0.05, 0.1) is 0 Å². The predicted molar refractivity (Wildman–Crippen MR) is 42.8 cm³/mol. The van der Waals surface area contributed by atoms with Crippen LogP contribution in [0.15, 0.2) is 0 Å². The Labute approximate surface area is 62.8 Å². The largest absolute Gasteiger partial charge is 0.378 e. The van der Waals surface area contributed by atoms with E-state index in [1.54, 1.807) is 7.05 Å². The first-order valence-electron chi connectivity index (χ1n) is 3.54. The summed E-state index contributed by atoms with van der Waals surface area (Å²) < 4.78 is 0. The predicted octanol–water partition coefficient (Wildman–Crippen LogP) is -0.230. The molecule has 10 heavy (non-hydrogen) atoms. The summed E-state index contributed by atoms with van der Waals surface area (Å²) in [5, 5.41) is 15.2. The van der Waals surface area contributed by atoms with Crippen molar-refractivity contribution in [2.75, 3.05) is 20.6 Å². The second-order valence-corrected chi connectivity index (χ2v) is 3.21. The van der Waals surface area contributed by atoms with Gasteiger partial charge in [0, 0.05) is 12.0 Å². The minimum atomic E-state index is -0.444. The average molecular weight is 146 g/mol. The number of hydrogen-bond donors (Lipinski definition) is 3. The van der Waals surface area contributed by atoms with Crippen LogP contribution in [0.1, 0.15) is 13.8 Å². The summed E-state index contributed by atoms with van der Waals surface area (Å²) in [5.74, 6) is 0. The van der Waals surface area contributed by atoms with E-state index >= 15 is 0 Å². The molecule has 62 valence electrons. The van der Waals surface area contributed by atoms with Crippen LogP contribution in [0.5, 0.6) is 0 Å². The van der Waals surface area contributed by atoms with Crippen LogP contribution in [0.2, 0.25) is 0 Å². The molecule has 0 heterocycles. The van der Waals surface area contributed by atoms with Crippen molar-refractivity contribution in [3.05, 3.63) is 0 Å². The van der Waals surface area contributed by atoms with Crippen LogP contribution in [-0.4, -0.2) is 32.0 Å². The molecule has 1 atom stereocenters. The molecule has 3 heteroatoms. The molecule has 0 amide bonds. The molecule has 0 rings (SSSR count). The second-order valence-electron chi connectivity index (χ2n) is 3.21. The van der Waals surface area contributed by atoms with E-state index in [9.17, 15) is 5.11 Å². The summed E-state index contributed by atoms with van der Waals surface area (Å²) in [4.78, 5) is 0. The van der Waals surface area contributed by atoms with Crippen LogP contribution >= 0.6 is 0 Å². The van der Waals surface area contributed by atoms with Crippen molar-refractivity contribution in [3.63, 3.8) is 0 Å². The molecular weight excluding hydrogens is 128 g/mol. The van der Waals surface area contributed by atoms with E-state index in [2.05, 4.69) is 10.6 Å². The van der Waals surface area contributed by atoms with E-state index < -0.39 is 6.23 Å². The normalized spacial score (nSPS) is 15.3. The van der Waals surface area contributed by atoms with E-state index in [4.69, 9.17) is 0 Å². The van der Waals surface area contributed by atoms with Gasteiger partial charge in [-0.05, 0) is 14.1 Å². The van der Waals surface area contributed by atoms with Crippen LogP contribution in [0.3, 0.4) is 0 Å². The third-order valence-corrected chi connectivity index (χ3v) is 1.65. The number of aliphatic hydroxyl groups excluding tert-OH is 1. The first-order chi connectivity index (χ1) is 4.54. The van der Waals surface area contributed by atoms with Gasteiger partial charge in [-0.25, -0.2) is 0 Å². The van der Waals surface area contributed by atoms with Crippen LogP contribution in [0.4, 0.5) is 0 Å². The first kappa shape index (κ1) is 9.88. The fourth-order valence-electron chi connectivity index (χ4n) is 0.943.